The Labute approximate surface area is 178 Å². The first-order chi connectivity index (χ1) is 13.8. The van der Waals surface area contributed by atoms with Crippen molar-refractivity contribution in [3.05, 3.63) is 0 Å². The Morgan fingerprint density at radius 1 is 1.03 bits per heavy atom. The van der Waals surface area contributed by atoms with Gasteiger partial charge >= 0.3 is 11.9 Å². The van der Waals surface area contributed by atoms with Gasteiger partial charge in [-0.15, -0.1) is 0 Å². The van der Waals surface area contributed by atoms with Gasteiger partial charge in [0.1, 0.15) is 0 Å². The molecule has 2 aliphatic carbocycles. The minimum absolute atomic E-state index is 0.265. The molecule has 168 valence electrons. The lowest BCUT2D eigenvalue weighted by atomic mass is 9.63. The van der Waals surface area contributed by atoms with Crippen LogP contribution in [0.4, 0.5) is 0 Å². The summed E-state index contributed by atoms with van der Waals surface area (Å²) < 4.78 is 5.80. The third kappa shape index (κ3) is 7.00. The van der Waals surface area contributed by atoms with Crippen molar-refractivity contribution in [3.63, 3.8) is 0 Å². The van der Waals surface area contributed by atoms with Crippen LogP contribution in [0.15, 0.2) is 0 Å². The fraction of sp³-hybridized carbons (Fsp3) is 0.920. The highest BCUT2D eigenvalue weighted by molar-refractivity contribution is 5.81. The van der Waals surface area contributed by atoms with Crippen LogP contribution in [0.1, 0.15) is 105 Å². The molecule has 6 atom stereocenters. The van der Waals surface area contributed by atoms with Crippen molar-refractivity contribution in [2.75, 3.05) is 6.61 Å². The molecule has 0 saturated heterocycles. The smallest absolute Gasteiger partial charge is 0.309 e. The molecule has 4 heteroatoms. The summed E-state index contributed by atoms with van der Waals surface area (Å²) in [5.41, 5.74) is 0.431. The highest BCUT2D eigenvalue weighted by Crippen LogP contribution is 2.47. The number of unbranched alkanes of at least 4 members (excludes halogenated alkanes) is 2. The van der Waals surface area contributed by atoms with E-state index in [1.165, 1.54) is 51.4 Å². The maximum atomic E-state index is 12.8. The summed E-state index contributed by atoms with van der Waals surface area (Å²) in [7, 11) is 0. The van der Waals surface area contributed by atoms with Crippen LogP contribution >= 0.6 is 0 Å². The molecule has 2 fully saturated rings. The van der Waals surface area contributed by atoms with Gasteiger partial charge in [-0.05, 0) is 68.1 Å². The van der Waals surface area contributed by atoms with Crippen molar-refractivity contribution in [1.82, 2.24) is 0 Å². The molecule has 0 aromatic rings. The summed E-state index contributed by atoms with van der Waals surface area (Å²) in [6, 6.07) is 0. The highest BCUT2D eigenvalue weighted by Gasteiger charge is 2.41. The number of hydrogen-bond donors (Lipinski definition) is 1. The van der Waals surface area contributed by atoms with Crippen LogP contribution in [-0.2, 0) is 14.3 Å². The zero-order valence-electron chi connectivity index (χ0n) is 19.3. The molecule has 29 heavy (non-hydrogen) atoms. The van der Waals surface area contributed by atoms with Crippen LogP contribution in [0, 0.1) is 35.0 Å². The number of carbonyl (C=O) groups excluding carboxylic acids is 1. The Kier molecular flexibility index (Phi) is 9.49. The molecule has 0 aliphatic heterocycles. The molecule has 0 bridgehead atoms. The van der Waals surface area contributed by atoms with Gasteiger partial charge in [0, 0.05) is 0 Å². The molecule has 2 aliphatic rings. The van der Waals surface area contributed by atoms with E-state index in [2.05, 4.69) is 27.7 Å². The highest BCUT2D eigenvalue weighted by atomic mass is 16.5. The van der Waals surface area contributed by atoms with E-state index in [9.17, 15) is 14.7 Å². The first kappa shape index (κ1) is 24.2. The van der Waals surface area contributed by atoms with E-state index in [1.807, 2.05) is 0 Å². The summed E-state index contributed by atoms with van der Waals surface area (Å²) >= 11 is 0. The van der Waals surface area contributed by atoms with Crippen molar-refractivity contribution in [3.8, 4) is 0 Å². The standard InChI is InChI=1S/C25H44O4/c1-5-7-8-9-19-16-25(4,13-6-2)14-12-20(19)17-29-24(28)21-11-10-18(3)15-22(21)23(26)27/h18-22H,5-17H2,1-4H3,(H,26,27). The molecule has 6 unspecified atom stereocenters. The molecule has 2 rings (SSSR count). The Hall–Kier alpha value is -1.06. The van der Waals surface area contributed by atoms with Gasteiger partial charge < -0.3 is 9.84 Å². The Morgan fingerprint density at radius 3 is 2.45 bits per heavy atom. The van der Waals surface area contributed by atoms with Crippen LogP contribution in [0.25, 0.3) is 0 Å². The van der Waals surface area contributed by atoms with Crippen molar-refractivity contribution in [2.24, 2.45) is 35.0 Å². The Balaban J connectivity index is 1.95. The maximum absolute atomic E-state index is 12.8. The number of carbonyl (C=O) groups is 2. The van der Waals surface area contributed by atoms with Gasteiger partial charge in [-0.3, -0.25) is 9.59 Å². The van der Waals surface area contributed by atoms with Gasteiger partial charge in [0.2, 0.25) is 0 Å². The van der Waals surface area contributed by atoms with Gasteiger partial charge in [-0.1, -0.05) is 59.8 Å². The lowest BCUT2D eigenvalue weighted by Gasteiger charge is -2.43. The summed E-state index contributed by atoms with van der Waals surface area (Å²) in [6.07, 6.45) is 13.2. The minimum Gasteiger partial charge on any atom is -0.481 e. The van der Waals surface area contributed by atoms with Gasteiger partial charge in [-0.25, -0.2) is 0 Å². The topological polar surface area (TPSA) is 63.6 Å². The van der Waals surface area contributed by atoms with Crippen LogP contribution in [0.2, 0.25) is 0 Å². The predicted octanol–water partition coefficient (Wildman–Crippen LogP) is 6.47. The summed E-state index contributed by atoms with van der Waals surface area (Å²) in [5, 5.41) is 9.56. The SMILES string of the molecule is CCCCCC1CC(C)(CCC)CCC1COC(=O)C1CCC(C)CC1C(=O)O. The lowest BCUT2D eigenvalue weighted by molar-refractivity contribution is -0.162. The number of aliphatic carboxylic acids is 1. The fourth-order valence-corrected chi connectivity index (χ4v) is 5.95. The zero-order chi connectivity index (χ0) is 21.4. The van der Waals surface area contributed by atoms with Crippen molar-refractivity contribution < 1.29 is 19.4 Å². The molecule has 2 saturated carbocycles. The first-order valence-corrected chi connectivity index (χ1v) is 12.2. The molecule has 4 nitrogen and oxygen atoms in total. The molecule has 1 N–H and O–H groups in total. The van der Waals surface area contributed by atoms with E-state index in [0.29, 0.717) is 42.6 Å². The Bertz CT molecular complexity index is 531. The minimum atomic E-state index is -0.844. The maximum Gasteiger partial charge on any atom is 0.309 e. The van der Waals surface area contributed by atoms with Crippen molar-refractivity contribution >= 4 is 11.9 Å². The molecular formula is C25H44O4. The fourth-order valence-electron chi connectivity index (χ4n) is 5.95. The number of hydrogen-bond acceptors (Lipinski definition) is 3. The number of carboxylic acid groups (broad SMARTS) is 1. The number of esters is 1. The summed E-state index contributed by atoms with van der Waals surface area (Å²) in [5.74, 6) is -0.713. The third-order valence-electron chi connectivity index (χ3n) is 7.74. The first-order valence-electron chi connectivity index (χ1n) is 12.2. The van der Waals surface area contributed by atoms with E-state index in [0.717, 1.165) is 12.8 Å². The van der Waals surface area contributed by atoms with Crippen LogP contribution in [0.3, 0.4) is 0 Å². The molecule has 0 amide bonds. The zero-order valence-corrected chi connectivity index (χ0v) is 19.3. The largest absolute Gasteiger partial charge is 0.481 e. The number of carboxylic acids is 1. The van der Waals surface area contributed by atoms with Crippen LogP contribution in [-0.4, -0.2) is 23.7 Å². The molecule has 0 aromatic carbocycles. The monoisotopic (exact) mass is 408 g/mol. The van der Waals surface area contributed by atoms with Gasteiger partial charge in [-0.2, -0.15) is 0 Å². The number of rotatable bonds is 10. The molecule has 0 radical (unpaired) electrons. The molecule has 0 aromatic heterocycles. The predicted molar refractivity (Wildman–Crippen MR) is 117 cm³/mol. The van der Waals surface area contributed by atoms with E-state index in [4.69, 9.17) is 4.74 Å². The summed E-state index contributed by atoms with van der Waals surface area (Å²) in [6.45, 7) is 9.51. The lowest BCUT2D eigenvalue weighted by Crippen LogP contribution is -2.38. The van der Waals surface area contributed by atoms with Crippen molar-refractivity contribution in [2.45, 2.75) is 105 Å². The number of ether oxygens (including phenoxy) is 1. The van der Waals surface area contributed by atoms with E-state index in [-0.39, 0.29) is 5.97 Å². The average Bonchev–Trinajstić information content (AvgIpc) is 2.67. The average molecular weight is 409 g/mol. The van der Waals surface area contributed by atoms with E-state index >= 15 is 0 Å². The molecule has 0 spiro atoms. The van der Waals surface area contributed by atoms with Crippen LogP contribution in [0.5, 0.6) is 0 Å². The third-order valence-corrected chi connectivity index (χ3v) is 7.74. The summed E-state index contributed by atoms with van der Waals surface area (Å²) in [4.78, 5) is 24.4. The molecular weight excluding hydrogens is 364 g/mol. The second-order valence-electron chi connectivity index (χ2n) is 10.4. The van der Waals surface area contributed by atoms with Crippen molar-refractivity contribution in [1.29, 1.82) is 0 Å². The van der Waals surface area contributed by atoms with Gasteiger partial charge in [0.05, 0.1) is 18.4 Å². The quantitative estimate of drug-likeness (QED) is 0.332. The normalized spacial score (nSPS) is 35.2. The Morgan fingerprint density at radius 2 is 1.79 bits per heavy atom. The second kappa shape index (κ2) is 11.4. The second-order valence-corrected chi connectivity index (χ2v) is 10.4. The molecule has 0 heterocycles. The van der Waals surface area contributed by atoms with Gasteiger partial charge in [0.15, 0.2) is 0 Å². The van der Waals surface area contributed by atoms with E-state index < -0.39 is 17.8 Å². The van der Waals surface area contributed by atoms with Crippen LogP contribution < -0.4 is 0 Å². The van der Waals surface area contributed by atoms with Gasteiger partial charge in [0.25, 0.3) is 0 Å². The van der Waals surface area contributed by atoms with E-state index in [1.54, 1.807) is 0 Å².